The predicted octanol–water partition coefficient (Wildman–Crippen LogP) is 3.71. The number of hydrogen-bond donors (Lipinski definition) is 0. The molecule has 0 radical (unpaired) electrons. The van der Waals surface area contributed by atoms with Crippen LogP contribution in [0.25, 0.3) is 0 Å². The number of ketones is 1. The zero-order valence-corrected chi connectivity index (χ0v) is 13.6. The number of carbonyl (C=O) groups excluding carboxylic acids is 2. The highest BCUT2D eigenvalue weighted by molar-refractivity contribution is 9.10. The van der Waals surface area contributed by atoms with Crippen LogP contribution in [0.5, 0.6) is 0 Å². The Hall–Kier alpha value is -0.810. The Morgan fingerprint density at radius 2 is 1.74 bits per heavy atom. The third kappa shape index (κ3) is 6.78. The molecule has 5 heteroatoms. The number of benzene rings is 1. The quantitative estimate of drug-likeness (QED) is 0.603. The fourth-order valence-electron chi connectivity index (χ4n) is 1.32. The molecule has 0 fully saturated rings. The number of rotatable bonds is 5. The molecular formula is C14H17BrO3S. The minimum Gasteiger partial charge on any atom is -0.459 e. The molecule has 0 atom stereocenters. The summed E-state index contributed by atoms with van der Waals surface area (Å²) in [5.74, 6) is 0.197. The molecular weight excluding hydrogens is 328 g/mol. The fraction of sp³-hybridized carbons (Fsp3) is 0.429. The monoisotopic (exact) mass is 344 g/mol. The molecule has 0 saturated carbocycles. The van der Waals surface area contributed by atoms with Gasteiger partial charge in [0.15, 0.2) is 5.78 Å². The Kier molecular flexibility index (Phi) is 6.07. The van der Waals surface area contributed by atoms with Crippen molar-refractivity contribution in [3.63, 3.8) is 0 Å². The van der Waals surface area contributed by atoms with Crippen molar-refractivity contribution in [2.75, 3.05) is 11.5 Å². The summed E-state index contributed by atoms with van der Waals surface area (Å²) in [6.45, 7) is 5.47. The predicted molar refractivity (Wildman–Crippen MR) is 81.6 cm³/mol. The van der Waals surface area contributed by atoms with Gasteiger partial charge >= 0.3 is 5.97 Å². The highest BCUT2D eigenvalue weighted by Gasteiger charge is 2.16. The smallest absolute Gasteiger partial charge is 0.316 e. The third-order valence-corrected chi connectivity index (χ3v) is 3.47. The van der Waals surface area contributed by atoms with Gasteiger partial charge in [-0.2, -0.15) is 0 Å². The summed E-state index contributed by atoms with van der Waals surface area (Å²) in [7, 11) is 0. The van der Waals surface area contributed by atoms with Crippen molar-refractivity contribution < 1.29 is 14.3 Å². The topological polar surface area (TPSA) is 43.4 Å². The van der Waals surface area contributed by atoms with E-state index < -0.39 is 5.60 Å². The van der Waals surface area contributed by atoms with Crippen molar-refractivity contribution in [1.29, 1.82) is 0 Å². The van der Waals surface area contributed by atoms with Gasteiger partial charge in [-0.1, -0.05) is 28.1 Å². The van der Waals surface area contributed by atoms with Crippen LogP contribution < -0.4 is 0 Å². The average Bonchev–Trinajstić information content (AvgIpc) is 2.27. The highest BCUT2D eigenvalue weighted by atomic mass is 79.9. The summed E-state index contributed by atoms with van der Waals surface area (Å²) in [5, 5.41) is 0. The molecule has 1 aromatic rings. The molecule has 0 saturated heterocycles. The van der Waals surface area contributed by atoms with E-state index in [9.17, 15) is 9.59 Å². The maximum atomic E-state index is 11.8. The van der Waals surface area contributed by atoms with Crippen LogP contribution in [0.3, 0.4) is 0 Å². The summed E-state index contributed by atoms with van der Waals surface area (Å²) in [5.41, 5.74) is 0.174. The van der Waals surface area contributed by atoms with Crippen LogP contribution in [0, 0.1) is 0 Å². The van der Waals surface area contributed by atoms with E-state index in [0.29, 0.717) is 5.56 Å². The summed E-state index contributed by atoms with van der Waals surface area (Å²) in [6, 6.07) is 7.18. The minimum absolute atomic E-state index is 0.0149. The first-order chi connectivity index (χ1) is 8.78. The number of esters is 1. The lowest BCUT2D eigenvalue weighted by Crippen LogP contribution is -2.25. The van der Waals surface area contributed by atoms with Crippen LogP contribution in [0.2, 0.25) is 0 Å². The SMILES string of the molecule is CC(C)(C)OC(=O)CSCC(=O)c1ccc(Br)cc1. The molecule has 19 heavy (non-hydrogen) atoms. The summed E-state index contributed by atoms with van der Waals surface area (Å²) in [4.78, 5) is 23.3. The molecule has 3 nitrogen and oxygen atoms in total. The van der Waals surface area contributed by atoms with Crippen LogP contribution in [0.15, 0.2) is 28.7 Å². The highest BCUT2D eigenvalue weighted by Crippen LogP contribution is 2.14. The summed E-state index contributed by atoms with van der Waals surface area (Å²) < 4.78 is 6.10. The number of thioether (sulfide) groups is 1. The van der Waals surface area contributed by atoms with Crippen LogP contribution in [-0.2, 0) is 9.53 Å². The van der Waals surface area contributed by atoms with E-state index in [1.54, 1.807) is 12.1 Å². The second-order valence-electron chi connectivity index (χ2n) is 5.01. The lowest BCUT2D eigenvalue weighted by atomic mass is 10.2. The number of hydrogen-bond acceptors (Lipinski definition) is 4. The second-order valence-corrected chi connectivity index (χ2v) is 6.91. The van der Waals surface area contributed by atoms with E-state index in [4.69, 9.17) is 4.74 Å². The van der Waals surface area contributed by atoms with E-state index in [2.05, 4.69) is 15.9 Å². The van der Waals surface area contributed by atoms with Gasteiger partial charge in [0.05, 0.1) is 11.5 Å². The molecule has 0 unspecified atom stereocenters. The molecule has 0 aliphatic carbocycles. The van der Waals surface area contributed by atoms with Gasteiger partial charge in [-0.25, -0.2) is 0 Å². The lowest BCUT2D eigenvalue weighted by Gasteiger charge is -2.19. The lowest BCUT2D eigenvalue weighted by molar-refractivity contribution is -0.151. The number of Topliss-reactive ketones (excluding diaryl/α,β-unsaturated/α-hetero) is 1. The van der Waals surface area contributed by atoms with Gasteiger partial charge in [0, 0.05) is 10.0 Å². The molecule has 1 aromatic carbocycles. The van der Waals surface area contributed by atoms with Gasteiger partial charge < -0.3 is 4.74 Å². The molecule has 0 N–H and O–H groups in total. The molecule has 0 aliphatic heterocycles. The Morgan fingerprint density at radius 3 is 2.26 bits per heavy atom. The van der Waals surface area contributed by atoms with E-state index >= 15 is 0 Å². The van der Waals surface area contributed by atoms with Crippen molar-refractivity contribution >= 4 is 39.4 Å². The molecule has 0 aromatic heterocycles. The second kappa shape index (κ2) is 7.10. The van der Waals surface area contributed by atoms with Gasteiger partial charge in [-0.15, -0.1) is 11.8 Å². The normalized spacial score (nSPS) is 11.2. The maximum absolute atomic E-state index is 11.8. The zero-order valence-electron chi connectivity index (χ0n) is 11.2. The van der Waals surface area contributed by atoms with Crippen molar-refractivity contribution in [3.8, 4) is 0 Å². The Labute approximate surface area is 126 Å². The summed E-state index contributed by atoms with van der Waals surface area (Å²) >= 11 is 4.59. The Morgan fingerprint density at radius 1 is 1.16 bits per heavy atom. The van der Waals surface area contributed by atoms with Gasteiger partial charge in [0.1, 0.15) is 5.60 Å². The van der Waals surface area contributed by atoms with Gasteiger partial charge in [-0.05, 0) is 32.9 Å². The fourth-order valence-corrected chi connectivity index (χ4v) is 2.26. The first-order valence-electron chi connectivity index (χ1n) is 5.86. The zero-order chi connectivity index (χ0) is 14.5. The van der Waals surface area contributed by atoms with Crippen LogP contribution in [0.4, 0.5) is 0 Å². The number of ether oxygens (including phenoxy) is 1. The van der Waals surface area contributed by atoms with E-state index in [-0.39, 0.29) is 23.3 Å². The van der Waals surface area contributed by atoms with Crippen molar-refractivity contribution in [2.24, 2.45) is 0 Å². The van der Waals surface area contributed by atoms with E-state index in [0.717, 1.165) is 4.47 Å². The molecule has 1 rings (SSSR count). The number of carbonyl (C=O) groups is 2. The first kappa shape index (κ1) is 16.2. The molecule has 0 bridgehead atoms. The van der Waals surface area contributed by atoms with Crippen molar-refractivity contribution in [3.05, 3.63) is 34.3 Å². The number of halogens is 1. The van der Waals surface area contributed by atoms with Gasteiger partial charge in [-0.3, -0.25) is 9.59 Å². The average molecular weight is 345 g/mol. The molecule has 0 aliphatic rings. The van der Waals surface area contributed by atoms with Crippen LogP contribution >= 0.6 is 27.7 Å². The summed E-state index contributed by atoms with van der Waals surface area (Å²) in [6.07, 6.45) is 0. The Balaban J connectivity index is 2.35. The maximum Gasteiger partial charge on any atom is 0.316 e. The molecule has 0 heterocycles. The minimum atomic E-state index is -0.479. The van der Waals surface area contributed by atoms with Crippen molar-refractivity contribution in [2.45, 2.75) is 26.4 Å². The molecule has 0 amide bonds. The molecule has 0 spiro atoms. The van der Waals surface area contributed by atoms with Crippen LogP contribution in [0.1, 0.15) is 31.1 Å². The van der Waals surface area contributed by atoms with Gasteiger partial charge in [0.25, 0.3) is 0 Å². The van der Waals surface area contributed by atoms with E-state index in [1.807, 2.05) is 32.9 Å². The van der Waals surface area contributed by atoms with Gasteiger partial charge in [0.2, 0.25) is 0 Å². The van der Waals surface area contributed by atoms with E-state index in [1.165, 1.54) is 11.8 Å². The third-order valence-electron chi connectivity index (χ3n) is 2.04. The largest absolute Gasteiger partial charge is 0.459 e. The van der Waals surface area contributed by atoms with Crippen molar-refractivity contribution in [1.82, 2.24) is 0 Å². The molecule has 104 valence electrons. The van der Waals surface area contributed by atoms with Crippen LogP contribution in [-0.4, -0.2) is 28.9 Å². The standard InChI is InChI=1S/C14H17BrO3S/c1-14(2,3)18-13(17)9-19-8-12(16)10-4-6-11(15)7-5-10/h4-7H,8-9H2,1-3H3. The Bertz CT molecular complexity index is 449. The first-order valence-corrected chi connectivity index (χ1v) is 7.81.